The molecule has 2 saturated carbocycles. The van der Waals surface area contributed by atoms with Gasteiger partial charge in [-0.25, -0.2) is 0 Å². The van der Waals surface area contributed by atoms with Crippen LogP contribution in [-0.2, 0) is 20.9 Å². The molecule has 3 aliphatic rings. The molecule has 1 heterocycles. The van der Waals surface area contributed by atoms with Crippen LogP contribution >= 0.6 is 0 Å². The number of aliphatic hydroxyl groups is 1. The Morgan fingerprint density at radius 2 is 1.79 bits per heavy atom. The van der Waals surface area contributed by atoms with E-state index in [1.807, 2.05) is 6.07 Å². The van der Waals surface area contributed by atoms with Crippen molar-refractivity contribution in [1.82, 2.24) is 10.2 Å². The van der Waals surface area contributed by atoms with Crippen LogP contribution in [0.25, 0.3) is 0 Å². The first-order chi connectivity index (χ1) is 20.8. The summed E-state index contributed by atoms with van der Waals surface area (Å²) in [7, 11) is 1.56. The summed E-state index contributed by atoms with van der Waals surface area (Å²) in [5, 5.41) is 16.6. The van der Waals surface area contributed by atoms with Crippen LogP contribution in [0.4, 0.5) is 5.69 Å². The molecule has 5 unspecified atom stereocenters. The summed E-state index contributed by atoms with van der Waals surface area (Å²) in [6.07, 6.45) is 5.74. The Bertz CT molecular complexity index is 1310. The number of anilines is 1. The van der Waals surface area contributed by atoms with Crippen molar-refractivity contribution in [2.75, 3.05) is 25.8 Å². The number of hydrogen-bond donors (Lipinski definition) is 3. The van der Waals surface area contributed by atoms with Crippen LogP contribution in [0.3, 0.4) is 0 Å². The largest absolute Gasteiger partial charge is 0.497 e. The van der Waals surface area contributed by atoms with Crippen molar-refractivity contribution in [3.8, 4) is 17.2 Å². The second-order valence-electron chi connectivity index (χ2n) is 12.1. The summed E-state index contributed by atoms with van der Waals surface area (Å²) in [6, 6.07) is 11.4. The maximum atomic E-state index is 14.4. The molecule has 10 nitrogen and oxygen atoms in total. The van der Waals surface area contributed by atoms with Gasteiger partial charge < -0.3 is 34.9 Å². The van der Waals surface area contributed by atoms with Crippen LogP contribution in [0.1, 0.15) is 57.9 Å². The number of amides is 3. The van der Waals surface area contributed by atoms with Gasteiger partial charge in [0, 0.05) is 30.3 Å². The van der Waals surface area contributed by atoms with Gasteiger partial charge in [-0.05, 0) is 67.3 Å². The van der Waals surface area contributed by atoms with Gasteiger partial charge in [0.2, 0.25) is 24.5 Å². The zero-order chi connectivity index (χ0) is 30.5. The van der Waals surface area contributed by atoms with Gasteiger partial charge in [0.1, 0.15) is 11.8 Å². The Kier molecular flexibility index (Phi) is 9.75. The number of carbonyl (C=O) groups is 3. The van der Waals surface area contributed by atoms with Crippen molar-refractivity contribution in [2.45, 2.75) is 71.0 Å². The molecule has 2 aromatic rings. The van der Waals surface area contributed by atoms with Crippen molar-refractivity contribution >= 4 is 23.4 Å². The second kappa shape index (κ2) is 13.7. The number of methoxy groups -OCH3 is 1. The standard InChI is InChI=1S/C33H43N3O7/c1-20-7-4-5-10-26(20)35-31(38)27(18-37)36(17-22-11-14-28-29(15-22)43-19-42-28)33(40)21(2)30(23-12-13-23)32(39)34-24-8-6-9-25(16-24)41-3/h6,8-9,11,14-16,20-21,23,26-27,30,37H,4-5,7,10,12-13,17-19H2,1-3H3,(H,34,39)(H,35,38). The van der Waals surface area contributed by atoms with Crippen molar-refractivity contribution < 1.29 is 33.7 Å². The van der Waals surface area contributed by atoms with Crippen LogP contribution in [0.2, 0.25) is 0 Å². The molecule has 43 heavy (non-hydrogen) atoms. The number of hydrogen-bond acceptors (Lipinski definition) is 7. The Morgan fingerprint density at radius 1 is 1.02 bits per heavy atom. The van der Waals surface area contributed by atoms with Crippen LogP contribution in [-0.4, -0.2) is 60.3 Å². The van der Waals surface area contributed by atoms with E-state index in [1.54, 1.807) is 50.4 Å². The number of benzene rings is 2. The number of fused-ring (bicyclic) bond motifs is 1. The van der Waals surface area contributed by atoms with E-state index in [9.17, 15) is 19.5 Å². The van der Waals surface area contributed by atoms with Gasteiger partial charge in [-0.2, -0.15) is 0 Å². The number of nitrogens with zero attached hydrogens (tertiary/aromatic N) is 1. The summed E-state index contributed by atoms with van der Waals surface area (Å²) in [5.41, 5.74) is 1.31. The first kappa shape index (κ1) is 30.7. The molecule has 232 valence electrons. The number of nitrogens with one attached hydrogen (secondary N) is 2. The van der Waals surface area contributed by atoms with E-state index in [0.717, 1.165) is 44.1 Å². The van der Waals surface area contributed by atoms with Crippen molar-refractivity contribution in [2.24, 2.45) is 23.7 Å². The molecule has 0 bridgehead atoms. The normalized spacial score (nSPS) is 21.3. The van der Waals surface area contributed by atoms with E-state index >= 15 is 0 Å². The molecular formula is C33H43N3O7. The van der Waals surface area contributed by atoms with E-state index < -0.39 is 24.5 Å². The fourth-order valence-corrected chi connectivity index (χ4v) is 6.36. The number of carbonyl (C=O) groups excluding carboxylic acids is 3. The molecule has 1 aliphatic heterocycles. The molecule has 3 N–H and O–H groups in total. The summed E-state index contributed by atoms with van der Waals surface area (Å²) in [6.45, 7) is 3.51. The van der Waals surface area contributed by atoms with Gasteiger partial charge in [0.25, 0.3) is 0 Å². The van der Waals surface area contributed by atoms with Gasteiger partial charge in [0.15, 0.2) is 11.5 Å². The Hall–Kier alpha value is -3.79. The van der Waals surface area contributed by atoms with E-state index in [1.165, 1.54) is 4.90 Å². The third-order valence-electron chi connectivity index (χ3n) is 9.06. The Balaban J connectivity index is 1.40. The molecule has 0 saturated heterocycles. The Morgan fingerprint density at radius 3 is 2.51 bits per heavy atom. The molecule has 0 radical (unpaired) electrons. The van der Waals surface area contributed by atoms with Crippen LogP contribution in [0.5, 0.6) is 17.2 Å². The zero-order valence-electron chi connectivity index (χ0n) is 25.2. The van der Waals surface area contributed by atoms with E-state index in [-0.39, 0.29) is 43.0 Å². The van der Waals surface area contributed by atoms with E-state index in [4.69, 9.17) is 14.2 Å². The lowest BCUT2D eigenvalue weighted by Gasteiger charge is -2.36. The third kappa shape index (κ3) is 7.24. The highest BCUT2D eigenvalue weighted by atomic mass is 16.7. The maximum Gasteiger partial charge on any atom is 0.245 e. The van der Waals surface area contributed by atoms with Crippen LogP contribution in [0.15, 0.2) is 42.5 Å². The molecule has 5 rings (SSSR count). The summed E-state index contributed by atoms with van der Waals surface area (Å²) in [5.74, 6) is -0.165. The molecular weight excluding hydrogens is 550 g/mol. The molecule has 0 spiro atoms. The Labute approximate surface area is 253 Å². The maximum absolute atomic E-state index is 14.4. The van der Waals surface area contributed by atoms with Crippen LogP contribution in [0, 0.1) is 23.7 Å². The van der Waals surface area contributed by atoms with Gasteiger partial charge in [-0.1, -0.05) is 38.8 Å². The van der Waals surface area contributed by atoms with Crippen molar-refractivity contribution in [1.29, 1.82) is 0 Å². The summed E-state index contributed by atoms with van der Waals surface area (Å²) < 4.78 is 16.3. The molecule has 2 fully saturated rings. The SMILES string of the molecule is COc1cccc(NC(=O)C(C2CC2)C(C)C(=O)N(Cc2ccc3c(c2)OCO3)C(CO)C(=O)NC2CCCCC2C)c1. The summed E-state index contributed by atoms with van der Waals surface area (Å²) >= 11 is 0. The number of ether oxygens (including phenoxy) is 3. The monoisotopic (exact) mass is 593 g/mol. The highest BCUT2D eigenvalue weighted by molar-refractivity contribution is 5.97. The van der Waals surface area contributed by atoms with Gasteiger partial charge in [0.05, 0.1) is 19.6 Å². The predicted molar refractivity (Wildman–Crippen MR) is 161 cm³/mol. The van der Waals surface area contributed by atoms with E-state index in [2.05, 4.69) is 17.6 Å². The fraction of sp³-hybridized carbons (Fsp3) is 0.545. The second-order valence-corrected chi connectivity index (χ2v) is 12.1. The highest BCUT2D eigenvalue weighted by Crippen LogP contribution is 2.42. The quantitative estimate of drug-likeness (QED) is 0.338. The fourth-order valence-electron chi connectivity index (χ4n) is 6.36. The molecule has 2 aliphatic carbocycles. The van der Waals surface area contributed by atoms with Gasteiger partial charge in [-0.15, -0.1) is 0 Å². The highest BCUT2D eigenvalue weighted by Gasteiger charge is 2.45. The summed E-state index contributed by atoms with van der Waals surface area (Å²) in [4.78, 5) is 43.1. The van der Waals surface area contributed by atoms with Gasteiger partial charge >= 0.3 is 0 Å². The minimum absolute atomic E-state index is 0.0110. The topological polar surface area (TPSA) is 126 Å². The van der Waals surface area contributed by atoms with Gasteiger partial charge in [-0.3, -0.25) is 14.4 Å². The molecule has 3 amide bonds. The van der Waals surface area contributed by atoms with Crippen molar-refractivity contribution in [3.63, 3.8) is 0 Å². The number of rotatable bonds is 12. The smallest absolute Gasteiger partial charge is 0.245 e. The average Bonchev–Trinajstić information content (AvgIpc) is 3.72. The van der Waals surface area contributed by atoms with Crippen molar-refractivity contribution in [3.05, 3.63) is 48.0 Å². The molecule has 2 aromatic carbocycles. The minimum atomic E-state index is -1.12. The lowest BCUT2D eigenvalue weighted by atomic mass is 9.85. The molecule has 5 atom stereocenters. The van der Waals surface area contributed by atoms with E-state index in [0.29, 0.717) is 28.9 Å². The molecule has 0 aromatic heterocycles. The first-order valence-corrected chi connectivity index (χ1v) is 15.3. The lowest BCUT2D eigenvalue weighted by Crippen LogP contribution is -2.56. The zero-order valence-corrected chi connectivity index (χ0v) is 25.2. The lowest BCUT2D eigenvalue weighted by molar-refractivity contribution is -0.149. The number of aliphatic hydroxyl groups excluding tert-OH is 1. The molecule has 10 heteroatoms. The van der Waals surface area contributed by atoms with Crippen LogP contribution < -0.4 is 24.8 Å². The predicted octanol–water partition coefficient (Wildman–Crippen LogP) is 4.11. The minimum Gasteiger partial charge on any atom is -0.497 e. The third-order valence-corrected chi connectivity index (χ3v) is 9.06. The first-order valence-electron chi connectivity index (χ1n) is 15.3. The average molecular weight is 594 g/mol.